The van der Waals surface area contributed by atoms with Crippen LogP contribution in [0.1, 0.15) is 53.0 Å². The third kappa shape index (κ3) is 2.84. The van der Waals surface area contributed by atoms with Crippen molar-refractivity contribution in [1.29, 1.82) is 0 Å². The van der Waals surface area contributed by atoms with Gasteiger partial charge in [-0.2, -0.15) is 0 Å². The van der Waals surface area contributed by atoms with E-state index in [0.29, 0.717) is 6.04 Å². The molecule has 4 heteroatoms. The fourth-order valence-corrected chi connectivity index (χ4v) is 3.32. The Kier molecular flexibility index (Phi) is 4.13. The molecule has 120 valence electrons. The molecule has 0 N–H and O–H groups in total. The second kappa shape index (κ2) is 5.66. The summed E-state index contributed by atoms with van der Waals surface area (Å²) in [7, 11) is -0.265. The molecule has 2 saturated heterocycles. The molecule has 1 atom stereocenters. The molecule has 0 aromatic heterocycles. The second-order valence-electron chi connectivity index (χ2n) is 7.75. The Morgan fingerprint density at radius 1 is 1.14 bits per heavy atom. The summed E-state index contributed by atoms with van der Waals surface area (Å²) < 4.78 is 12.5. The van der Waals surface area contributed by atoms with Crippen molar-refractivity contribution in [1.82, 2.24) is 4.90 Å². The van der Waals surface area contributed by atoms with E-state index in [4.69, 9.17) is 9.31 Å². The molecule has 2 aliphatic heterocycles. The highest BCUT2D eigenvalue weighted by molar-refractivity contribution is 6.62. The Labute approximate surface area is 135 Å². The summed E-state index contributed by atoms with van der Waals surface area (Å²) in [6.07, 6.45) is 2.61. The molecule has 0 bridgehead atoms. The summed E-state index contributed by atoms with van der Waals surface area (Å²) in [5, 5.41) is 0. The van der Waals surface area contributed by atoms with E-state index >= 15 is 0 Å². The molecule has 0 saturated carbocycles. The molecular formula is C18H28BNO2. The standard InChI is InChI=1S/C18H28BNO2/c1-14-9-8-12-20(14)13-15-10-6-7-11-16(15)19-21-17(2,3)18(4,5)22-19/h6-7,10-11,14H,8-9,12-13H2,1-5H3. The van der Waals surface area contributed by atoms with Crippen molar-refractivity contribution in [3.8, 4) is 0 Å². The first-order valence-corrected chi connectivity index (χ1v) is 8.48. The zero-order valence-corrected chi connectivity index (χ0v) is 14.6. The molecule has 2 heterocycles. The van der Waals surface area contributed by atoms with Crippen LogP contribution in [0.4, 0.5) is 0 Å². The summed E-state index contributed by atoms with van der Waals surface area (Å²) in [6, 6.07) is 9.23. The predicted molar refractivity (Wildman–Crippen MR) is 91.3 cm³/mol. The van der Waals surface area contributed by atoms with Crippen molar-refractivity contribution >= 4 is 12.6 Å². The second-order valence-corrected chi connectivity index (χ2v) is 7.75. The topological polar surface area (TPSA) is 21.7 Å². The van der Waals surface area contributed by atoms with Crippen LogP contribution in [0.2, 0.25) is 0 Å². The van der Waals surface area contributed by atoms with Crippen molar-refractivity contribution in [3.63, 3.8) is 0 Å². The van der Waals surface area contributed by atoms with E-state index in [2.05, 4.69) is 63.8 Å². The van der Waals surface area contributed by atoms with E-state index < -0.39 is 0 Å². The fraction of sp³-hybridized carbons (Fsp3) is 0.667. The predicted octanol–water partition coefficient (Wildman–Crippen LogP) is 2.97. The number of rotatable bonds is 3. The third-order valence-electron chi connectivity index (χ3n) is 5.63. The highest BCUT2D eigenvalue weighted by Gasteiger charge is 2.52. The third-order valence-corrected chi connectivity index (χ3v) is 5.63. The Bertz CT molecular complexity index is 528. The quantitative estimate of drug-likeness (QED) is 0.801. The van der Waals surface area contributed by atoms with Gasteiger partial charge in [-0.05, 0) is 65.0 Å². The van der Waals surface area contributed by atoms with Gasteiger partial charge in [-0.25, -0.2) is 0 Å². The fourth-order valence-electron chi connectivity index (χ4n) is 3.32. The average molecular weight is 301 g/mol. The molecule has 3 nitrogen and oxygen atoms in total. The summed E-state index contributed by atoms with van der Waals surface area (Å²) in [6.45, 7) is 12.9. The van der Waals surface area contributed by atoms with Gasteiger partial charge in [0.2, 0.25) is 0 Å². The van der Waals surface area contributed by atoms with Gasteiger partial charge in [0.05, 0.1) is 11.2 Å². The van der Waals surface area contributed by atoms with Crippen molar-refractivity contribution < 1.29 is 9.31 Å². The molecule has 0 aliphatic carbocycles. The van der Waals surface area contributed by atoms with Crippen LogP contribution < -0.4 is 5.46 Å². The highest BCUT2D eigenvalue weighted by atomic mass is 16.7. The number of hydrogen-bond donors (Lipinski definition) is 0. The molecule has 1 aromatic carbocycles. The van der Waals surface area contributed by atoms with Gasteiger partial charge in [0, 0.05) is 12.6 Å². The van der Waals surface area contributed by atoms with Crippen LogP contribution in [0.25, 0.3) is 0 Å². The first kappa shape index (κ1) is 16.0. The van der Waals surface area contributed by atoms with Crippen molar-refractivity contribution in [2.75, 3.05) is 6.54 Å². The molecular weight excluding hydrogens is 273 g/mol. The summed E-state index contributed by atoms with van der Waals surface area (Å²) in [5.74, 6) is 0. The molecule has 0 spiro atoms. The molecule has 22 heavy (non-hydrogen) atoms. The van der Waals surface area contributed by atoms with Gasteiger partial charge in [0.15, 0.2) is 0 Å². The lowest BCUT2D eigenvalue weighted by atomic mass is 9.76. The maximum absolute atomic E-state index is 6.24. The summed E-state index contributed by atoms with van der Waals surface area (Å²) in [4.78, 5) is 2.56. The Morgan fingerprint density at radius 2 is 1.77 bits per heavy atom. The molecule has 1 unspecified atom stereocenters. The highest BCUT2D eigenvalue weighted by Crippen LogP contribution is 2.36. The summed E-state index contributed by atoms with van der Waals surface area (Å²) in [5.41, 5.74) is 1.94. The monoisotopic (exact) mass is 301 g/mol. The normalized spacial score (nSPS) is 27.5. The van der Waals surface area contributed by atoms with Crippen LogP contribution >= 0.6 is 0 Å². The zero-order valence-electron chi connectivity index (χ0n) is 14.6. The van der Waals surface area contributed by atoms with Crippen molar-refractivity contribution in [2.24, 2.45) is 0 Å². The van der Waals surface area contributed by atoms with E-state index in [-0.39, 0.29) is 18.3 Å². The molecule has 0 radical (unpaired) electrons. The van der Waals surface area contributed by atoms with Gasteiger partial charge in [0.25, 0.3) is 0 Å². The smallest absolute Gasteiger partial charge is 0.399 e. The van der Waals surface area contributed by atoms with Crippen LogP contribution in [-0.4, -0.2) is 35.8 Å². The Morgan fingerprint density at radius 3 is 2.36 bits per heavy atom. The summed E-state index contributed by atoms with van der Waals surface area (Å²) >= 11 is 0. The lowest BCUT2D eigenvalue weighted by Gasteiger charge is -2.32. The largest absolute Gasteiger partial charge is 0.495 e. The maximum atomic E-state index is 6.24. The molecule has 2 fully saturated rings. The minimum absolute atomic E-state index is 0.265. The minimum Gasteiger partial charge on any atom is -0.399 e. The van der Waals surface area contributed by atoms with E-state index in [0.717, 1.165) is 6.54 Å². The van der Waals surface area contributed by atoms with Crippen LogP contribution in [-0.2, 0) is 15.9 Å². The van der Waals surface area contributed by atoms with Gasteiger partial charge < -0.3 is 9.31 Å². The Hall–Kier alpha value is -0.835. The number of likely N-dealkylation sites (tertiary alicyclic amines) is 1. The van der Waals surface area contributed by atoms with Gasteiger partial charge >= 0.3 is 7.12 Å². The maximum Gasteiger partial charge on any atom is 0.495 e. The molecule has 0 amide bonds. The minimum atomic E-state index is -0.286. The van der Waals surface area contributed by atoms with E-state index in [9.17, 15) is 0 Å². The first-order chi connectivity index (χ1) is 10.3. The van der Waals surface area contributed by atoms with Crippen LogP contribution in [0.5, 0.6) is 0 Å². The molecule has 3 rings (SSSR count). The average Bonchev–Trinajstić information content (AvgIpc) is 2.92. The van der Waals surface area contributed by atoms with Gasteiger partial charge in [-0.3, -0.25) is 4.90 Å². The lowest BCUT2D eigenvalue weighted by Crippen LogP contribution is -2.41. The van der Waals surface area contributed by atoms with E-state index in [1.54, 1.807) is 0 Å². The first-order valence-electron chi connectivity index (χ1n) is 8.48. The van der Waals surface area contributed by atoms with E-state index in [1.807, 2.05) is 0 Å². The molecule has 2 aliphatic rings. The SMILES string of the molecule is CC1CCCN1Cc1ccccc1B1OC(C)(C)C(C)(C)O1. The van der Waals surface area contributed by atoms with Crippen molar-refractivity contribution in [3.05, 3.63) is 29.8 Å². The van der Waals surface area contributed by atoms with Crippen LogP contribution in [0.3, 0.4) is 0 Å². The lowest BCUT2D eigenvalue weighted by molar-refractivity contribution is 0.00578. The van der Waals surface area contributed by atoms with E-state index in [1.165, 1.54) is 30.4 Å². The van der Waals surface area contributed by atoms with Gasteiger partial charge in [-0.15, -0.1) is 0 Å². The number of nitrogens with zero attached hydrogens (tertiary/aromatic N) is 1. The Balaban J connectivity index is 1.83. The van der Waals surface area contributed by atoms with Crippen LogP contribution in [0, 0.1) is 0 Å². The van der Waals surface area contributed by atoms with Crippen LogP contribution in [0.15, 0.2) is 24.3 Å². The van der Waals surface area contributed by atoms with Gasteiger partial charge in [0.1, 0.15) is 0 Å². The van der Waals surface area contributed by atoms with Gasteiger partial charge in [-0.1, -0.05) is 24.3 Å². The number of benzene rings is 1. The molecule has 1 aromatic rings. The zero-order chi connectivity index (χ0) is 16.0. The van der Waals surface area contributed by atoms with Crippen molar-refractivity contribution in [2.45, 2.75) is 71.2 Å². The number of hydrogen-bond acceptors (Lipinski definition) is 3.